The molecule has 0 aromatic heterocycles. The summed E-state index contributed by atoms with van der Waals surface area (Å²) in [5, 5.41) is 15.2. The highest BCUT2D eigenvalue weighted by atomic mass is 16.7. The maximum Gasteiger partial charge on any atom is 0.494 e. The molecule has 2 aliphatic rings. The van der Waals surface area contributed by atoms with Crippen LogP contribution < -0.4 is 16.1 Å². The Morgan fingerprint density at radius 1 is 1.19 bits per heavy atom. The Bertz CT molecular complexity index is 671. The molecule has 0 bridgehead atoms. The van der Waals surface area contributed by atoms with Gasteiger partial charge in [-0.05, 0) is 39.2 Å². The molecule has 0 spiro atoms. The first-order valence-electron chi connectivity index (χ1n) is 9.92. The second kappa shape index (κ2) is 7.91. The third-order valence-corrected chi connectivity index (χ3v) is 6.05. The summed E-state index contributed by atoms with van der Waals surface area (Å²) in [5.41, 5.74) is 2.84. The lowest BCUT2D eigenvalue weighted by Crippen LogP contribution is -2.44. The summed E-state index contributed by atoms with van der Waals surface area (Å²) in [6.45, 7) is 13.4. The van der Waals surface area contributed by atoms with E-state index in [0.29, 0.717) is 5.71 Å². The molecular formula is C20H33BN4O2. The van der Waals surface area contributed by atoms with Gasteiger partial charge in [0.2, 0.25) is 0 Å². The van der Waals surface area contributed by atoms with Gasteiger partial charge in [0.15, 0.2) is 0 Å². The van der Waals surface area contributed by atoms with Crippen molar-refractivity contribution in [3.63, 3.8) is 0 Å². The molecule has 1 aromatic rings. The second-order valence-corrected chi connectivity index (χ2v) is 8.46. The normalized spacial score (nSPS) is 22.0. The molecule has 2 aliphatic heterocycles. The van der Waals surface area contributed by atoms with E-state index in [1.807, 2.05) is 19.2 Å². The predicted molar refractivity (Wildman–Crippen MR) is 112 cm³/mol. The van der Waals surface area contributed by atoms with E-state index in [0.717, 1.165) is 55.9 Å². The highest BCUT2D eigenvalue weighted by molar-refractivity contribution is 6.62. The fourth-order valence-electron chi connectivity index (χ4n) is 3.50. The van der Waals surface area contributed by atoms with Crippen LogP contribution in [-0.2, 0) is 9.31 Å². The molecule has 0 unspecified atom stereocenters. The SMILES string of the molecule is CNc1cc(B2OC(C)(C)C(C)(C)O2)ccc1C(=N)CCN1CCNCC1. The van der Waals surface area contributed by atoms with Gasteiger partial charge in [0.05, 0.1) is 11.2 Å². The molecule has 2 saturated heterocycles. The summed E-state index contributed by atoms with van der Waals surface area (Å²) in [5.74, 6) is 0. The standard InChI is InChI=1S/C20H33BN4O2/c1-19(2)20(3,4)27-21(26-19)15-6-7-16(18(14-15)23-5)17(22)8-11-25-12-9-24-10-13-25/h6-7,14,22-24H,8-13H2,1-5H3. The van der Waals surface area contributed by atoms with E-state index in [2.05, 4.69) is 49.3 Å². The number of anilines is 1. The minimum Gasteiger partial charge on any atom is -0.399 e. The summed E-state index contributed by atoms with van der Waals surface area (Å²) < 4.78 is 12.3. The molecule has 3 rings (SSSR count). The van der Waals surface area contributed by atoms with E-state index in [-0.39, 0.29) is 18.3 Å². The molecule has 27 heavy (non-hydrogen) atoms. The van der Waals surface area contributed by atoms with Crippen molar-refractivity contribution in [3.05, 3.63) is 23.8 Å². The Morgan fingerprint density at radius 3 is 2.41 bits per heavy atom. The molecule has 3 N–H and O–H groups in total. The maximum absolute atomic E-state index is 8.55. The van der Waals surface area contributed by atoms with Gasteiger partial charge in [-0.15, -0.1) is 0 Å². The summed E-state index contributed by atoms with van der Waals surface area (Å²) in [6.07, 6.45) is 0.754. The zero-order chi connectivity index (χ0) is 19.7. The average Bonchev–Trinajstić information content (AvgIpc) is 2.87. The van der Waals surface area contributed by atoms with Crippen molar-refractivity contribution in [2.75, 3.05) is 45.1 Å². The quantitative estimate of drug-likeness (QED) is 0.524. The van der Waals surface area contributed by atoms with Crippen molar-refractivity contribution < 1.29 is 9.31 Å². The van der Waals surface area contributed by atoms with Crippen LogP contribution in [0.25, 0.3) is 0 Å². The van der Waals surface area contributed by atoms with E-state index >= 15 is 0 Å². The number of piperazine rings is 1. The van der Waals surface area contributed by atoms with E-state index in [9.17, 15) is 0 Å². The number of hydrogen-bond acceptors (Lipinski definition) is 6. The largest absolute Gasteiger partial charge is 0.494 e. The van der Waals surface area contributed by atoms with Gasteiger partial charge in [0, 0.05) is 63.2 Å². The Hall–Kier alpha value is -1.41. The lowest BCUT2D eigenvalue weighted by Gasteiger charge is -2.32. The van der Waals surface area contributed by atoms with Crippen molar-refractivity contribution >= 4 is 24.0 Å². The smallest absolute Gasteiger partial charge is 0.399 e. The van der Waals surface area contributed by atoms with Crippen LogP contribution in [0, 0.1) is 5.41 Å². The van der Waals surface area contributed by atoms with Crippen LogP contribution in [0.2, 0.25) is 0 Å². The fourth-order valence-corrected chi connectivity index (χ4v) is 3.50. The Balaban J connectivity index is 1.70. The second-order valence-electron chi connectivity index (χ2n) is 8.46. The van der Waals surface area contributed by atoms with Gasteiger partial charge in [-0.3, -0.25) is 0 Å². The fraction of sp³-hybridized carbons (Fsp3) is 0.650. The van der Waals surface area contributed by atoms with Gasteiger partial charge < -0.3 is 30.3 Å². The molecule has 0 saturated carbocycles. The lowest BCUT2D eigenvalue weighted by atomic mass is 9.78. The molecule has 0 atom stereocenters. The van der Waals surface area contributed by atoms with E-state index < -0.39 is 0 Å². The van der Waals surface area contributed by atoms with Crippen LogP contribution in [0.15, 0.2) is 18.2 Å². The summed E-state index contributed by atoms with van der Waals surface area (Å²) >= 11 is 0. The first kappa shape index (κ1) is 20.3. The van der Waals surface area contributed by atoms with E-state index in [1.54, 1.807) is 0 Å². The molecule has 2 fully saturated rings. The molecule has 148 valence electrons. The predicted octanol–water partition coefficient (Wildman–Crippen LogP) is 1.69. The van der Waals surface area contributed by atoms with Crippen molar-refractivity contribution in [2.45, 2.75) is 45.3 Å². The molecule has 1 aromatic carbocycles. The first-order chi connectivity index (χ1) is 12.7. The van der Waals surface area contributed by atoms with Crippen LogP contribution in [0.4, 0.5) is 5.69 Å². The number of nitrogens with one attached hydrogen (secondary N) is 3. The monoisotopic (exact) mass is 372 g/mol. The number of rotatable bonds is 6. The van der Waals surface area contributed by atoms with Crippen LogP contribution in [0.3, 0.4) is 0 Å². The number of benzene rings is 1. The summed E-state index contributed by atoms with van der Waals surface area (Å²) in [4.78, 5) is 2.42. The van der Waals surface area contributed by atoms with Crippen molar-refractivity contribution in [3.8, 4) is 0 Å². The Morgan fingerprint density at radius 2 is 1.81 bits per heavy atom. The van der Waals surface area contributed by atoms with Gasteiger partial charge in [0.1, 0.15) is 0 Å². The van der Waals surface area contributed by atoms with Gasteiger partial charge in [-0.25, -0.2) is 0 Å². The van der Waals surface area contributed by atoms with Crippen molar-refractivity contribution in [1.29, 1.82) is 5.41 Å². The van der Waals surface area contributed by atoms with Crippen molar-refractivity contribution in [2.24, 2.45) is 0 Å². The topological polar surface area (TPSA) is 69.6 Å². The van der Waals surface area contributed by atoms with E-state index in [1.165, 1.54) is 0 Å². The highest BCUT2D eigenvalue weighted by Crippen LogP contribution is 2.36. The third kappa shape index (κ3) is 4.37. The molecule has 7 heteroatoms. The average molecular weight is 372 g/mol. The maximum atomic E-state index is 8.55. The van der Waals surface area contributed by atoms with Crippen LogP contribution in [-0.4, -0.2) is 68.7 Å². The third-order valence-electron chi connectivity index (χ3n) is 6.05. The molecule has 0 amide bonds. The summed E-state index contributed by atoms with van der Waals surface area (Å²) in [6, 6.07) is 6.10. The Labute approximate surface area is 163 Å². The van der Waals surface area contributed by atoms with Crippen molar-refractivity contribution in [1.82, 2.24) is 10.2 Å². The zero-order valence-corrected chi connectivity index (χ0v) is 17.3. The molecule has 6 nitrogen and oxygen atoms in total. The summed E-state index contributed by atoms with van der Waals surface area (Å²) in [7, 11) is 1.52. The van der Waals surface area contributed by atoms with Crippen LogP contribution >= 0.6 is 0 Å². The van der Waals surface area contributed by atoms with Gasteiger partial charge in [0.25, 0.3) is 0 Å². The first-order valence-corrected chi connectivity index (χ1v) is 9.92. The van der Waals surface area contributed by atoms with E-state index in [4.69, 9.17) is 14.7 Å². The minimum absolute atomic E-state index is 0.355. The van der Waals surface area contributed by atoms with Gasteiger partial charge in [-0.1, -0.05) is 12.1 Å². The zero-order valence-electron chi connectivity index (χ0n) is 17.3. The minimum atomic E-state index is -0.383. The lowest BCUT2D eigenvalue weighted by molar-refractivity contribution is 0.00578. The van der Waals surface area contributed by atoms with Crippen LogP contribution in [0.1, 0.15) is 39.7 Å². The highest BCUT2D eigenvalue weighted by Gasteiger charge is 2.51. The van der Waals surface area contributed by atoms with Crippen LogP contribution in [0.5, 0.6) is 0 Å². The molecule has 0 radical (unpaired) electrons. The van der Waals surface area contributed by atoms with Gasteiger partial charge in [-0.2, -0.15) is 0 Å². The Kier molecular flexibility index (Phi) is 5.96. The molecule has 0 aliphatic carbocycles. The molecule has 2 heterocycles. The molecular weight excluding hydrogens is 339 g/mol. The number of nitrogens with zero attached hydrogens (tertiary/aromatic N) is 1. The van der Waals surface area contributed by atoms with Gasteiger partial charge >= 0.3 is 7.12 Å². The number of hydrogen-bond donors (Lipinski definition) is 3.